The van der Waals surface area contributed by atoms with Crippen LogP contribution in [0.25, 0.3) is 0 Å². The Hall–Kier alpha value is -3.17. The molecule has 1 aromatic carbocycles. The van der Waals surface area contributed by atoms with Gasteiger partial charge in [0.05, 0.1) is 11.0 Å². The number of hydrogen-bond donors (Lipinski definition) is 3. The van der Waals surface area contributed by atoms with Gasteiger partial charge in [0.1, 0.15) is 6.10 Å². The molecule has 1 spiro atoms. The number of aliphatic hydroxyl groups is 1. The Kier molecular flexibility index (Phi) is 6.27. The van der Waals surface area contributed by atoms with Crippen LogP contribution in [0.15, 0.2) is 35.9 Å². The summed E-state index contributed by atoms with van der Waals surface area (Å²) in [6.07, 6.45) is 2.25. The maximum Gasteiger partial charge on any atom is 0.331 e. The number of hydrogen-bond acceptors (Lipinski definition) is 8. The van der Waals surface area contributed by atoms with Crippen molar-refractivity contribution in [3.8, 4) is 11.5 Å². The first-order valence-electron chi connectivity index (χ1n) is 11.7. The van der Waals surface area contributed by atoms with Crippen LogP contribution < -0.4 is 4.74 Å². The number of piperidine rings is 1. The standard InChI is InChI=1S/C26H31NO8/c1-14-5-6-18(28)23-22(14)25-11-12-27(4)16(3)26(25,33)10-9-17(24(25)35-23)13-19(29)15(2)34-21(32)8-7-20(30)31/h5-9,15-16,24,28,33H,10-13H2,1-4H3,(H,30,31)/b8-7+. The van der Waals surface area contributed by atoms with E-state index in [2.05, 4.69) is 4.90 Å². The third-order valence-corrected chi connectivity index (χ3v) is 7.96. The number of aromatic hydroxyl groups is 1. The van der Waals surface area contributed by atoms with Gasteiger partial charge in [0, 0.05) is 30.2 Å². The molecule has 1 fully saturated rings. The summed E-state index contributed by atoms with van der Waals surface area (Å²) in [6, 6.07) is 3.18. The normalized spacial score (nSPS) is 30.5. The molecule has 0 radical (unpaired) electrons. The Morgan fingerprint density at radius 2 is 2.03 bits per heavy atom. The molecule has 0 aromatic heterocycles. The van der Waals surface area contributed by atoms with Gasteiger partial charge in [-0.05, 0) is 64.4 Å². The number of aliphatic carboxylic acids is 1. The fourth-order valence-electron chi connectivity index (χ4n) is 5.96. The Bertz CT molecular complexity index is 1140. The largest absolute Gasteiger partial charge is 0.504 e. The van der Waals surface area contributed by atoms with Crippen molar-refractivity contribution in [3.63, 3.8) is 0 Å². The zero-order valence-electron chi connectivity index (χ0n) is 20.3. The fraction of sp³-hybridized carbons (Fsp3) is 0.500. The number of Topliss-reactive ketones (excluding diaryl/α,β-unsaturated/α-hetero) is 1. The summed E-state index contributed by atoms with van der Waals surface area (Å²) in [5.41, 5.74) is 0.291. The minimum absolute atomic E-state index is 0.0125. The van der Waals surface area contributed by atoms with Gasteiger partial charge in [0.2, 0.25) is 0 Å². The summed E-state index contributed by atoms with van der Waals surface area (Å²) in [4.78, 5) is 37.5. The van der Waals surface area contributed by atoms with E-state index in [0.29, 0.717) is 36.8 Å². The van der Waals surface area contributed by atoms with E-state index in [1.54, 1.807) is 6.07 Å². The molecule has 0 amide bonds. The molecule has 0 saturated carbocycles. The van der Waals surface area contributed by atoms with Gasteiger partial charge in [-0.25, -0.2) is 9.59 Å². The van der Waals surface area contributed by atoms with Gasteiger partial charge in [0.15, 0.2) is 23.4 Å². The molecule has 9 heteroatoms. The third-order valence-electron chi connectivity index (χ3n) is 7.96. The van der Waals surface area contributed by atoms with Gasteiger partial charge in [-0.1, -0.05) is 12.1 Å². The van der Waals surface area contributed by atoms with E-state index < -0.39 is 35.2 Å². The summed E-state index contributed by atoms with van der Waals surface area (Å²) in [7, 11) is 1.97. The van der Waals surface area contributed by atoms with Crippen molar-refractivity contribution in [1.82, 2.24) is 4.90 Å². The number of esters is 1. The SMILES string of the molecule is Cc1ccc(O)c2c1C13CCN(C)C(C)C1(O)CC=C(CC(=O)C(C)OC(=O)/C=C/C(=O)O)C3O2. The number of ether oxygens (including phenoxy) is 2. The average molecular weight is 486 g/mol. The lowest BCUT2D eigenvalue weighted by molar-refractivity contribution is -0.151. The zero-order valence-corrected chi connectivity index (χ0v) is 20.3. The molecule has 1 aliphatic carbocycles. The van der Waals surface area contributed by atoms with Crippen LogP contribution in [0.4, 0.5) is 0 Å². The number of carbonyl (C=O) groups excluding carboxylic acids is 2. The van der Waals surface area contributed by atoms with Crippen molar-refractivity contribution < 1.29 is 39.2 Å². The topological polar surface area (TPSA) is 134 Å². The summed E-state index contributed by atoms with van der Waals surface area (Å²) < 4.78 is 11.4. The molecule has 188 valence electrons. The number of carboxylic acid groups (broad SMARTS) is 1. The van der Waals surface area contributed by atoms with Crippen molar-refractivity contribution >= 4 is 17.7 Å². The van der Waals surface area contributed by atoms with Crippen LogP contribution in [0.1, 0.15) is 44.2 Å². The molecule has 2 aliphatic heterocycles. The Balaban J connectivity index is 1.68. The monoisotopic (exact) mass is 485 g/mol. The molecule has 2 heterocycles. The van der Waals surface area contributed by atoms with Gasteiger partial charge in [-0.15, -0.1) is 0 Å². The van der Waals surface area contributed by atoms with Gasteiger partial charge in [-0.2, -0.15) is 0 Å². The number of nitrogens with zero attached hydrogens (tertiary/aromatic N) is 1. The van der Waals surface area contributed by atoms with Crippen LogP contribution in [0.2, 0.25) is 0 Å². The van der Waals surface area contributed by atoms with Crippen LogP contribution in [0, 0.1) is 6.92 Å². The molecule has 1 aromatic rings. The van der Waals surface area contributed by atoms with E-state index in [9.17, 15) is 24.6 Å². The lowest BCUT2D eigenvalue weighted by Crippen LogP contribution is -2.71. The molecule has 5 unspecified atom stereocenters. The number of likely N-dealkylation sites (tertiary alicyclic amines) is 1. The smallest absolute Gasteiger partial charge is 0.331 e. The summed E-state index contributed by atoms with van der Waals surface area (Å²) in [6.45, 7) is 6.03. The number of phenolic OH excluding ortho intramolecular Hbond substituents is 1. The van der Waals surface area contributed by atoms with Crippen LogP contribution in [0.3, 0.4) is 0 Å². The first kappa shape index (κ1) is 24.9. The maximum absolute atomic E-state index is 13.0. The predicted octanol–water partition coefficient (Wildman–Crippen LogP) is 2.02. The highest BCUT2D eigenvalue weighted by atomic mass is 16.5. The maximum atomic E-state index is 13.0. The van der Waals surface area contributed by atoms with E-state index in [4.69, 9.17) is 14.6 Å². The molecule has 35 heavy (non-hydrogen) atoms. The van der Waals surface area contributed by atoms with Crippen LogP contribution in [-0.4, -0.2) is 75.4 Å². The van der Waals surface area contributed by atoms with Crippen molar-refractivity contribution in [2.24, 2.45) is 0 Å². The fourth-order valence-corrected chi connectivity index (χ4v) is 5.96. The summed E-state index contributed by atoms with van der Waals surface area (Å²) in [5, 5.41) is 31.5. The average Bonchev–Trinajstić information content (AvgIpc) is 3.17. The molecule has 3 aliphatic rings. The summed E-state index contributed by atoms with van der Waals surface area (Å²) in [5.74, 6) is -2.28. The highest BCUT2D eigenvalue weighted by Gasteiger charge is 2.68. The van der Waals surface area contributed by atoms with Crippen LogP contribution >= 0.6 is 0 Å². The number of fused-ring (bicyclic) bond motifs is 1. The lowest BCUT2D eigenvalue weighted by Gasteiger charge is -2.59. The molecule has 4 rings (SSSR count). The molecule has 1 saturated heterocycles. The van der Waals surface area contributed by atoms with E-state index in [1.807, 2.05) is 33.0 Å². The highest BCUT2D eigenvalue weighted by Crippen LogP contribution is 2.62. The number of ketones is 1. The molecule has 3 N–H and O–H groups in total. The van der Waals surface area contributed by atoms with E-state index >= 15 is 0 Å². The lowest BCUT2D eigenvalue weighted by atomic mass is 9.53. The second-order valence-corrected chi connectivity index (χ2v) is 9.78. The first-order valence-corrected chi connectivity index (χ1v) is 11.7. The van der Waals surface area contributed by atoms with Crippen molar-refractivity contribution in [1.29, 1.82) is 0 Å². The quantitative estimate of drug-likeness (QED) is 0.314. The zero-order chi connectivity index (χ0) is 25.7. The third kappa shape index (κ3) is 3.83. The summed E-state index contributed by atoms with van der Waals surface area (Å²) >= 11 is 0. The minimum atomic E-state index is -1.30. The second-order valence-electron chi connectivity index (χ2n) is 9.78. The van der Waals surface area contributed by atoms with E-state index in [1.165, 1.54) is 6.92 Å². The molecule has 5 atom stereocenters. The number of carboxylic acids is 1. The molecule has 9 nitrogen and oxygen atoms in total. The molecular formula is C26H31NO8. The van der Waals surface area contributed by atoms with Crippen molar-refractivity contribution in [2.45, 2.75) is 69.3 Å². The minimum Gasteiger partial charge on any atom is -0.504 e. The Morgan fingerprint density at radius 1 is 1.31 bits per heavy atom. The van der Waals surface area contributed by atoms with E-state index in [0.717, 1.165) is 17.2 Å². The number of aryl methyl sites for hydroxylation is 1. The van der Waals surface area contributed by atoms with Crippen molar-refractivity contribution in [3.05, 3.63) is 47.1 Å². The van der Waals surface area contributed by atoms with Crippen LogP contribution in [-0.2, 0) is 24.5 Å². The second kappa shape index (κ2) is 8.80. The van der Waals surface area contributed by atoms with Gasteiger partial charge < -0.3 is 29.7 Å². The van der Waals surface area contributed by atoms with Gasteiger partial charge >= 0.3 is 11.9 Å². The van der Waals surface area contributed by atoms with Crippen LogP contribution in [0.5, 0.6) is 11.5 Å². The Labute approximate surface area is 203 Å². The number of carbonyl (C=O) groups is 3. The predicted molar refractivity (Wildman–Crippen MR) is 125 cm³/mol. The van der Waals surface area contributed by atoms with E-state index in [-0.39, 0.29) is 24.0 Å². The number of benzene rings is 1. The van der Waals surface area contributed by atoms with Crippen molar-refractivity contribution in [2.75, 3.05) is 13.6 Å². The number of likely N-dealkylation sites (N-methyl/N-ethyl adjacent to an activating group) is 1. The molecular weight excluding hydrogens is 454 g/mol. The van der Waals surface area contributed by atoms with Gasteiger partial charge in [0.25, 0.3) is 0 Å². The Morgan fingerprint density at radius 3 is 2.71 bits per heavy atom. The molecule has 0 bridgehead atoms. The highest BCUT2D eigenvalue weighted by molar-refractivity contribution is 5.93. The number of phenols is 1. The first-order chi connectivity index (χ1) is 16.4. The van der Waals surface area contributed by atoms with Gasteiger partial charge in [-0.3, -0.25) is 4.79 Å². The number of rotatable bonds is 6.